The first kappa shape index (κ1) is 18.3. The number of esters is 1. The molecule has 2 heteroatoms. The fourth-order valence-corrected chi connectivity index (χ4v) is 2.94. The van der Waals surface area contributed by atoms with E-state index in [2.05, 4.69) is 13.0 Å². The van der Waals surface area contributed by atoms with E-state index in [0.29, 0.717) is 0 Å². The number of ether oxygens (including phenoxy) is 1. The van der Waals surface area contributed by atoms with E-state index in [4.69, 9.17) is 4.74 Å². The van der Waals surface area contributed by atoms with Gasteiger partial charge in [-0.25, -0.2) is 4.79 Å². The van der Waals surface area contributed by atoms with E-state index in [9.17, 15) is 4.79 Å². The maximum Gasteiger partial charge on any atom is 0.334 e. The van der Waals surface area contributed by atoms with Crippen molar-refractivity contribution >= 4 is 5.97 Å². The Hall–Kier alpha value is -0.790. The van der Waals surface area contributed by atoms with Crippen LogP contribution in [0.25, 0.3) is 0 Å². The van der Waals surface area contributed by atoms with Crippen molar-refractivity contribution in [1.82, 2.24) is 0 Å². The minimum atomic E-state index is -0.0921. The summed E-state index contributed by atoms with van der Waals surface area (Å²) in [6.07, 6.45) is 19.1. The first-order valence-electron chi connectivity index (χ1n) is 9.14. The molecule has 0 amide bonds. The standard InChI is InChI=1S/C19H34O2/c1-3-4-5-6-7-8-9-10-11-12-13-14-15-18-16-17(2)21-19(18)20/h15,17H,3-14,16H2,1-2H3/b18-15+/t17-/m0/s1. The Balaban J connectivity index is 1.85. The number of unbranched alkanes of at least 4 members (excludes halogenated alkanes) is 11. The Bertz CT molecular complexity index is 307. The number of carbonyl (C=O) groups is 1. The molecule has 0 aromatic rings. The molecule has 0 aliphatic carbocycles. The smallest absolute Gasteiger partial charge is 0.334 e. The summed E-state index contributed by atoms with van der Waals surface area (Å²) < 4.78 is 5.12. The summed E-state index contributed by atoms with van der Waals surface area (Å²) in [5, 5.41) is 0. The molecule has 0 unspecified atom stereocenters. The molecule has 1 fully saturated rings. The van der Waals surface area contributed by atoms with Gasteiger partial charge in [0.25, 0.3) is 0 Å². The third-order valence-corrected chi connectivity index (χ3v) is 4.28. The predicted molar refractivity (Wildman–Crippen MR) is 89.3 cm³/mol. The Kier molecular flexibility index (Phi) is 10.3. The Morgan fingerprint density at radius 1 is 0.952 bits per heavy atom. The largest absolute Gasteiger partial charge is 0.459 e. The van der Waals surface area contributed by atoms with Gasteiger partial charge in [0, 0.05) is 12.0 Å². The van der Waals surface area contributed by atoms with Gasteiger partial charge in [0.2, 0.25) is 0 Å². The zero-order valence-corrected chi connectivity index (χ0v) is 14.2. The zero-order chi connectivity index (χ0) is 15.3. The summed E-state index contributed by atoms with van der Waals surface area (Å²) in [7, 11) is 0. The van der Waals surface area contributed by atoms with Gasteiger partial charge < -0.3 is 4.74 Å². The van der Waals surface area contributed by atoms with Crippen molar-refractivity contribution in [2.45, 2.75) is 103 Å². The lowest BCUT2D eigenvalue weighted by atomic mass is 10.0. The Morgan fingerprint density at radius 2 is 1.48 bits per heavy atom. The fourth-order valence-electron chi connectivity index (χ4n) is 2.94. The molecule has 0 N–H and O–H groups in total. The third kappa shape index (κ3) is 8.95. The lowest BCUT2D eigenvalue weighted by Crippen LogP contribution is -1.99. The molecule has 1 saturated heterocycles. The van der Waals surface area contributed by atoms with Crippen LogP contribution in [-0.4, -0.2) is 12.1 Å². The maximum absolute atomic E-state index is 11.4. The minimum absolute atomic E-state index is 0.0843. The van der Waals surface area contributed by atoms with E-state index >= 15 is 0 Å². The van der Waals surface area contributed by atoms with Crippen LogP contribution >= 0.6 is 0 Å². The number of hydrogen-bond donors (Lipinski definition) is 0. The zero-order valence-electron chi connectivity index (χ0n) is 14.2. The van der Waals surface area contributed by atoms with Crippen LogP contribution in [0.2, 0.25) is 0 Å². The molecule has 0 saturated carbocycles. The van der Waals surface area contributed by atoms with Crippen LogP contribution in [0.3, 0.4) is 0 Å². The minimum Gasteiger partial charge on any atom is -0.459 e. The van der Waals surface area contributed by atoms with Gasteiger partial charge in [-0.15, -0.1) is 0 Å². The average molecular weight is 294 g/mol. The summed E-state index contributed by atoms with van der Waals surface area (Å²) >= 11 is 0. The van der Waals surface area contributed by atoms with Gasteiger partial charge in [-0.2, -0.15) is 0 Å². The first-order valence-corrected chi connectivity index (χ1v) is 9.14. The number of cyclic esters (lactones) is 1. The van der Waals surface area contributed by atoms with Crippen LogP contribution in [-0.2, 0) is 9.53 Å². The fraction of sp³-hybridized carbons (Fsp3) is 0.842. The van der Waals surface area contributed by atoms with Gasteiger partial charge in [-0.1, -0.05) is 77.2 Å². The van der Waals surface area contributed by atoms with Crippen molar-refractivity contribution in [3.05, 3.63) is 11.6 Å². The molecule has 21 heavy (non-hydrogen) atoms. The van der Waals surface area contributed by atoms with Gasteiger partial charge in [-0.3, -0.25) is 0 Å². The summed E-state index contributed by atoms with van der Waals surface area (Å²) in [5.74, 6) is -0.0921. The van der Waals surface area contributed by atoms with E-state index in [-0.39, 0.29) is 12.1 Å². The number of hydrogen-bond acceptors (Lipinski definition) is 2. The second kappa shape index (κ2) is 11.8. The van der Waals surface area contributed by atoms with E-state index in [1.54, 1.807) is 0 Å². The SMILES string of the molecule is CCCCCCCCCCCCC/C=C1\C[C@H](C)OC1=O. The predicted octanol–water partition coefficient (Wildman–Crippen LogP) is 5.95. The van der Waals surface area contributed by atoms with Gasteiger partial charge in [0.05, 0.1) is 0 Å². The van der Waals surface area contributed by atoms with Crippen LogP contribution in [0.1, 0.15) is 97.3 Å². The van der Waals surface area contributed by atoms with Crippen molar-refractivity contribution in [3.63, 3.8) is 0 Å². The molecule has 0 spiro atoms. The molecule has 0 radical (unpaired) electrons. The highest BCUT2D eigenvalue weighted by Gasteiger charge is 2.24. The second-order valence-electron chi connectivity index (χ2n) is 6.47. The van der Waals surface area contributed by atoms with Crippen LogP contribution in [0.4, 0.5) is 0 Å². The first-order chi connectivity index (χ1) is 10.2. The van der Waals surface area contributed by atoms with Crippen LogP contribution in [0.5, 0.6) is 0 Å². The highest BCUT2D eigenvalue weighted by molar-refractivity contribution is 5.90. The van der Waals surface area contributed by atoms with E-state index < -0.39 is 0 Å². The quantitative estimate of drug-likeness (QED) is 0.252. The van der Waals surface area contributed by atoms with Gasteiger partial charge >= 0.3 is 5.97 Å². The molecule has 0 aromatic heterocycles. The molecule has 2 nitrogen and oxygen atoms in total. The third-order valence-electron chi connectivity index (χ3n) is 4.28. The van der Waals surface area contributed by atoms with E-state index in [0.717, 1.165) is 18.4 Å². The highest BCUT2D eigenvalue weighted by Crippen LogP contribution is 2.21. The average Bonchev–Trinajstić information content (AvgIpc) is 2.78. The number of carbonyl (C=O) groups excluding carboxylic acids is 1. The van der Waals surface area contributed by atoms with E-state index in [1.165, 1.54) is 70.6 Å². The maximum atomic E-state index is 11.4. The Morgan fingerprint density at radius 3 is 1.95 bits per heavy atom. The molecule has 1 rings (SSSR count). The van der Waals surface area contributed by atoms with Crippen LogP contribution in [0, 0.1) is 0 Å². The van der Waals surface area contributed by atoms with Gasteiger partial charge in [0.15, 0.2) is 0 Å². The monoisotopic (exact) mass is 294 g/mol. The molecule has 1 aliphatic rings. The van der Waals surface area contributed by atoms with Crippen molar-refractivity contribution in [2.24, 2.45) is 0 Å². The molecule has 122 valence electrons. The molecule has 0 aromatic carbocycles. The number of allylic oxidation sites excluding steroid dienone is 1. The van der Waals surface area contributed by atoms with E-state index in [1.807, 2.05) is 6.92 Å². The van der Waals surface area contributed by atoms with Crippen LogP contribution < -0.4 is 0 Å². The molecule has 1 heterocycles. The van der Waals surface area contributed by atoms with Crippen molar-refractivity contribution < 1.29 is 9.53 Å². The molecular weight excluding hydrogens is 260 g/mol. The molecule has 1 aliphatic heterocycles. The van der Waals surface area contributed by atoms with Crippen LogP contribution in [0.15, 0.2) is 11.6 Å². The number of rotatable bonds is 12. The van der Waals surface area contributed by atoms with Crippen molar-refractivity contribution in [3.8, 4) is 0 Å². The highest BCUT2D eigenvalue weighted by atomic mass is 16.5. The summed E-state index contributed by atoms with van der Waals surface area (Å²) in [5.41, 5.74) is 0.898. The second-order valence-corrected chi connectivity index (χ2v) is 6.47. The molecular formula is C19H34O2. The normalized spacial score (nSPS) is 20.2. The lowest BCUT2D eigenvalue weighted by Gasteiger charge is -2.02. The Labute approximate surface area is 131 Å². The van der Waals surface area contributed by atoms with Crippen molar-refractivity contribution in [2.75, 3.05) is 0 Å². The van der Waals surface area contributed by atoms with Gasteiger partial charge in [-0.05, 0) is 19.8 Å². The topological polar surface area (TPSA) is 26.3 Å². The lowest BCUT2D eigenvalue weighted by molar-refractivity contribution is -0.138. The summed E-state index contributed by atoms with van der Waals surface area (Å²) in [6, 6.07) is 0. The van der Waals surface area contributed by atoms with Crippen molar-refractivity contribution in [1.29, 1.82) is 0 Å². The molecule has 1 atom stereocenters. The summed E-state index contributed by atoms with van der Waals surface area (Å²) in [4.78, 5) is 11.4. The van der Waals surface area contributed by atoms with Gasteiger partial charge in [0.1, 0.15) is 6.10 Å². The summed E-state index contributed by atoms with van der Waals surface area (Å²) in [6.45, 7) is 4.23. The molecule has 0 bridgehead atoms.